The zero-order valence-electron chi connectivity index (χ0n) is 19.4. The van der Waals surface area contributed by atoms with Crippen LogP contribution in [0.3, 0.4) is 0 Å². The first-order valence-corrected chi connectivity index (χ1v) is 13.1. The van der Waals surface area contributed by atoms with Crippen LogP contribution >= 0.6 is 35.6 Å². The van der Waals surface area contributed by atoms with Crippen LogP contribution in [0.1, 0.15) is 11.1 Å². The molecule has 1 N–H and O–H groups in total. The van der Waals surface area contributed by atoms with Crippen LogP contribution in [0.2, 0.25) is 5.02 Å². The van der Waals surface area contributed by atoms with E-state index in [1.54, 1.807) is 17.8 Å². The third-order valence-electron chi connectivity index (χ3n) is 5.99. The van der Waals surface area contributed by atoms with Gasteiger partial charge in [0.15, 0.2) is 5.11 Å². The second kappa shape index (κ2) is 10.3. The summed E-state index contributed by atoms with van der Waals surface area (Å²) >= 11 is 13.1. The van der Waals surface area contributed by atoms with Gasteiger partial charge in [0.25, 0.3) is 11.8 Å². The lowest BCUT2D eigenvalue weighted by Gasteiger charge is -2.29. The standard InChI is InChI=1S/C28H22ClN3O2S2/c1-18-6-2-4-8-24(18)32-27(34)23(26(33)30-28(32)35)16-19-17-31(25-9-5-3-7-22(19)25)14-15-36-21-12-10-20(29)11-13-21/h2-13,16-17H,14-15H2,1H3,(H,30,33,35)/b23-16+. The minimum absolute atomic E-state index is 0.0466. The van der Waals surface area contributed by atoms with E-state index in [-0.39, 0.29) is 10.7 Å². The number of hydrogen-bond acceptors (Lipinski definition) is 4. The molecule has 0 unspecified atom stereocenters. The first-order valence-electron chi connectivity index (χ1n) is 11.4. The van der Waals surface area contributed by atoms with Crippen molar-refractivity contribution in [1.82, 2.24) is 9.88 Å². The first kappa shape index (κ1) is 24.3. The van der Waals surface area contributed by atoms with Gasteiger partial charge in [0.2, 0.25) is 0 Å². The van der Waals surface area contributed by atoms with Gasteiger partial charge in [-0.05, 0) is 67.2 Å². The fraction of sp³-hybridized carbons (Fsp3) is 0.107. The predicted molar refractivity (Wildman–Crippen MR) is 151 cm³/mol. The SMILES string of the molecule is Cc1ccccc1N1C(=O)/C(=C/c2cn(CCSc3ccc(Cl)cc3)c3ccccc23)C(=O)NC1=S. The van der Waals surface area contributed by atoms with Gasteiger partial charge in [0, 0.05) is 44.9 Å². The molecule has 0 atom stereocenters. The van der Waals surface area contributed by atoms with Gasteiger partial charge in [-0.2, -0.15) is 0 Å². The van der Waals surface area contributed by atoms with Crippen LogP contribution in [0.15, 0.2) is 89.5 Å². The van der Waals surface area contributed by atoms with Gasteiger partial charge in [-0.15, -0.1) is 11.8 Å². The maximum Gasteiger partial charge on any atom is 0.270 e. The van der Waals surface area contributed by atoms with Crippen molar-refractivity contribution >= 4 is 75.2 Å². The molecule has 0 radical (unpaired) electrons. The number of anilines is 1. The van der Waals surface area contributed by atoms with Crippen LogP contribution in [0.4, 0.5) is 5.69 Å². The Bertz CT molecular complexity index is 1530. The summed E-state index contributed by atoms with van der Waals surface area (Å²) in [6.07, 6.45) is 3.65. The van der Waals surface area contributed by atoms with E-state index in [1.807, 2.05) is 85.9 Å². The van der Waals surface area contributed by atoms with Gasteiger partial charge in [0.05, 0.1) is 5.69 Å². The zero-order chi connectivity index (χ0) is 25.2. The summed E-state index contributed by atoms with van der Waals surface area (Å²) in [5.74, 6) is -0.0800. The lowest BCUT2D eigenvalue weighted by molar-refractivity contribution is -0.122. The summed E-state index contributed by atoms with van der Waals surface area (Å²) in [5, 5.41) is 4.45. The average molecular weight is 532 g/mol. The second-order valence-corrected chi connectivity index (χ2v) is 10.3. The maximum atomic E-state index is 13.5. The molecule has 1 aliphatic heterocycles. The average Bonchev–Trinajstić information content (AvgIpc) is 3.21. The van der Waals surface area contributed by atoms with E-state index in [9.17, 15) is 9.59 Å². The summed E-state index contributed by atoms with van der Waals surface area (Å²) < 4.78 is 2.15. The minimum Gasteiger partial charge on any atom is -0.346 e. The number of aryl methyl sites for hydroxylation is 2. The van der Waals surface area contributed by atoms with Crippen LogP contribution < -0.4 is 10.2 Å². The van der Waals surface area contributed by atoms with Crippen LogP contribution in [0.25, 0.3) is 17.0 Å². The lowest BCUT2D eigenvalue weighted by Crippen LogP contribution is -2.54. The molecule has 1 saturated heterocycles. The highest BCUT2D eigenvalue weighted by Gasteiger charge is 2.35. The molecule has 36 heavy (non-hydrogen) atoms. The van der Waals surface area contributed by atoms with E-state index in [2.05, 4.69) is 9.88 Å². The van der Waals surface area contributed by atoms with E-state index in [0.29, 0.717) is 5.69 Å². The van der Waals surface area contributed by atoms with Crippen LogP contribution in [0, 0.1) is 6.92 Å². The van der Waals surface area contributed by atoms with E-state index in [0.717, 1.165) is 44.2 Å². The van der Waals surface area contributed by atoms with E-state index < -0.39 is 11.8 Å². The van der Waals surface area contributed by atoms with Crippen LogP contribution in [-0.4, -0.2) is 27.2 Å². The Morgan fingerprint density at radius 2 is 1.72 bits per heavy atom. The molecule has 2 heterocycles. The molecule has 180 valence electrons. The molecule has 0 saturated carbocycles. The van der Waals surface area contributed by atoms with Crippen molar-refractivity contribution < 1.29 is 9.59 Å². The molecule has 0 aliphatic carbocycles. The number of benzene rings is 3. The zero-order valence-corrected chi connectivity index (χ0v) is 21.8. The Balaban J connectivity index is 1.46. The molecule has 8 heteroatoms. The Labute approximate surface area is 223 Å². The topological polar surface area (TPSA) is 54.3 Å². The number of nitrogens with one attached hydrogen (secondary N) is 1. The van der Waals surface area contributed by atoms with E-state index in [4.69, 9.17) is 23.8 Å². The van der Waals surface area contributed by atoms with Crippen LogP contribution in [-0.2, 0) is 16.1 Å². The molecule has 1 fully saturated rings. The molecule has 5 rings (SSSR count). The number of rotatable bonds is 6. The van der Waals surface area contributed by atoms with Gasteiger partial charge >= 0.3 is 0 Å². The van der Waals surface area contributed by atoms with Crippen molar-refractivity contribution in [2.75, 3.05) is 10.7 Å². The minimum atomic E-state index is -0.495. The quantitative estimate of drug-likeness (QED) is 0.139. The van der Waals surface area contributed by atoms with E-state index in [1.165, 1.54) is 4.90 Å². The van der Waals surface area contributed by atoms with Crippen molar-refractivity contribution in [3.63, 3.8) is 0 Å². The molecular weight excluding hydrogens is 510 g/mol. The van der Waals surface area contributed by atoms with Gasteiger partial charge in [-0.1, -0.05) is 48.0 Å². The summed E-state index contributed by atoms with van der Waals surface area (Å²) in [6, 6.07) is 23.2. The number of carbonyl (C=O) groups is 2. The predicted octanol–water partition coefficient (Wildman–Crippen LogP) is 6.23. The number of halogens is 1. The smallest absolute Gasteiger partial charge is 0.270 e. The number of fused-ring (bicyclic) bond motifs is 1. The summed E-state index contributed by atoms with van der Waals surface area (Å²) in [4.78, 5) is 28.9. The monoisotopic (exact) mass is 531 g/mol. The molecule has 1 aliphatic rings. The van der Waals surface area contributed by atoms with Crippen molar-refractivity contribution in [3.05, 3.63) is 101 Å². The molecule has 4 aromatic rings. The van der Waals surface area contributed by atoms with Gasteiger partial charge in [-0.3, -0.25) is 19.8 Å². The number of aromatic nitrogens is 1. The third-order valence-corrected chi connectivity index (χ3v) is 7.52. The number of thiocarbonyl (C=S) groups is 1. The normalized spacial score (nSPS) is 15.1. The molecule has 2 amide bonds. The number of amides is 2. The number of carbonyl (C=O) groups excluding carboxylic acids is 2. The molecule has 3 aromatic carbocycles. The Hall–Kier alpha value is -3.39. The Kier molecular flexibility index (Phi) is 6.96. The van der Waals surface area contributed by atoms with Gasteiger partial charge in [0.1, 0.15) is 5.57 Å². The van der Waals surface area contributed by atoms with Crippen molar-refractivity contribution in [3.8, 4) is 0 Å². The second-order valence-electron chi connectivity index (χ2n) is 8.34. The lowest BCUT2D eigenvalue weighted by atomic mass is 10.1. The fourth-order valence-electron chi connectivity index (χ4n) is 4.21. The molecule has 5 nitrogen and oxygen atoms in total. The molecule has 1 aromatic heterocycles. The summed E-state index contributed by atoms with van der Waals surface area (Å²) in [5.41, 5.74) is 3.43. The number of hydrogen-bond donors (Lipinski definition) is 1. The molecule has 0 bridgehead atoms. The number of nitrogens with zero attached hydrogens (tertiary/aromatic N) is 2. The van der Waals surface area contributed by atoms with Gasteiger partial charge in [-0.25, -0.2) is 0 Å². The highest BCUT2D eigenvalue weighted by molar-refractivity contribution is 7.99. The van der Waals surface area contributed by atoms with Gasteiger partial charge < -0.3 is 4.57 Å². The third kappa shape index (κ3) is 4.82. The van der Waals surface area contributed by atoms with Crippen molar-refractivity contribution in [2.24, 2.45) is 0 Å². The summed E-state index contributed by atoms with van der Waals surface area (Å²) in [6.45, 7) is 2.66. The van der Waals surface area contributed by atoms with Crippen molar-refractivity contribution in [2.45, 2.75) is 18.4 Å². The highest BCUT2D eigenvalue weighted by Crippen LogP contribution is 2.29. The van der Waals surface area contributed by atoms with Crippen LogP contribution in [0.5, 0.6) is 0 Å². The molecular formula is C28H22ClN3O2S2. The largest absolute Gasteiger partial charge is 0.346 e. The molecule has 0 spiro atoms. The fourth-order valence-corrected chi connectivity index (χ4v) is 5.47. The maximum absolute atomic E-state index is 13.5. The Morgan fingerprint density at radius 1 is 1.00 bits per heavy atom. The van der Waals surface area contributed by atoms with Crippen molar-refractivity contribution in [1.29, 1.82) is 0 Å². The van der Waals surface area contributed by atoms with E-state index >= 15 is 0 Å². The highest BCUT2D eigenvalue weighted by atomic mass is 35.5. The summed E-state index contributed by atoms with van der Waals surface area (Å²) in [7, 11) is 0. The Morgan fingerprint density at radius 3 is 2.50 bits per heavy atom. The number of para-hydroxylation sites is 2. The first-order chi connectivity index (χ1) is 17.4. The number of thioether (sulfide) groups is 1.